The summed E-state index contributed by atoms with van der Waals surface area (Å²) in [6.07, 6.45) is 0. The molecule has 34 heavy (non-hydrogen) atoms. The van der Waals surface area contributed by atoms with Crippen LogP contribution in [0, 0.1) is 31.0 Å². The molecule has 4 heteroatoms. The standard InChI is InChI=1S/C30H12N4/c1-32-26-13-22-23-14-27(33-2)28(34-3)15-25(23)30-21-11-7-5-9-19(21)18-8-4-6-10-20(18)29(30)24(22)12-17(26)16-31/h4-15H. The topological polar surface area (TPSA) is 36.9 Å². The lowest BCUT2D eigenvalue weighted by molar-refractivity contribution is 1.50. The fourth-order valence-electron chi connectivity index (χ4n) is 5.09. The van der Waals surface area contributed by atoms with Crippen molar-refractivity contribution in [3.8, 4) is 6.07 Å². The molecule has 152 valence electrons. The maximum atomic E-state index is 9.76. The SMILES string of the molecule is [C-]#[N+]c1cc2c3cc([N+]#[C-])c([N+]#[C-])cc3c3c4ccccc4c4ccccc4c3c2cc1C#N. The van der Waals surface area contributed by atoms with Gasteiger partial charge in [0.25, 0.3) is 0 Å². The predicted molar refractivity (Wildman–Crippen MR) is 137 cm³/mol. The Morgan fingerprint density at radius 1 is 0.500 bits per heavy atom. The first-order valence-electron chi connectivity index (χ1n) is 10.5. The fourth-order valence-corrected chi connectivity index (χ4v) is 5.09. The van der Waals surface area contributed by atoms with E-state index in [0.29, 0.717) is 11.3 Å². The number of nitriles is 1. The summed E-state index contributed by atoms with van der Waals surface area (Å²) in [5, 5.41) is 19.3. The van der Waals surface area contributed by atoms with Crippen molar-refractivity contribution in [2.24, 2.45) is 0 Å². The lowest BCUT2D eigenvalue weighted by atomic mass is 9.86. The largest absolute Gasteiger partial charge is 0.250 e. The van der Waals surface area contributed by atoms with E-state index >= 15 is 0 Å². The van der Waals surface area contributed by atoms with Crippen LogP contribution >= 0.6 is 0 Å². The van der Waals surface area contributed by atoms with Gasteiger partial charge in [-0.05, 0) is 66.0 Å². The minimum Gasteiger partial charge on any atom is -0.250 e. The number of hydrogen-bond acceptors (Lipinski definition) is 1. The average Bonchev–Trinajstić information content (AvgIpc) is 2.91. The zero-order valence-electron chi connectivity index (χ0n) is 17.7. The molecule has 0 aliphatic carbocycles. The number of hydrogen-bond donors (Lipinski definition) is 0. The van der Waals surface area contributed by atoms with E-state index in [4.69, 9.17) is 19.7 Å². The Labute approximate surface area is 194 Å². The second-order valence-corrected chi connectivity index (χ2v) is 8.09. The molecule has 0 fully saturated rings. The lowest BCUT2D eigenvalue weighted by Crippen LogP contribution is -1.89. The second kappa shape index (κ2) is 7.05. The molecule has 6 aromatic carbocycles. The monoisotopic (exact) mass is 428 g/mol. The molecule has 0 bridgehead atoms. The molecule has 0 radical (unpaired) electrons. The molecule has 6 rings (SSSR count). The molecule has 0 saturated carbocycles. The predicted octanol–water partition coefficient (Wildman–Crippen LogP) is 8.98. The maximum absolute atomic E-state index is 9.76. The minimum absolute atomic E-state index is 0.277. The van der Waals surface area contributed by atoms with Gasteiger partial charge in [0, 0.05) is 0 Å². The van der Waals surface area contributed by atoms with Crippen molar-refractivity contribution < 1.29 is 0 Å². The van der Waals surface area contributed by atoms with Crippen molar-refractivity contribution in [3.05, 3.63) is 113 Å². The van der Waals surface area contributed by atoms with E-state index in [9.17, 15) is 5.26 Å². The van der Waals surface area contributed by atoms with Crippen LogP contribution < -0.4 is 0 Å². The van der Waals surface area contributed by atoms with E-state index in [-0.39, 0.29) is 11.4 Å². The van der Waals surface area contributed by atoms with Crippen LogP contribution in [-0.2, 0) is 0 Å². The van der Waals surface area contributed by atoms with Crippen LogP contribution in [0.5, 0.6) is 0 Å². The Hall–Kier alpha value is -5.42. The van der Waals surface area contributed by atoms with Gasteiger partial charge in [-0.25, -0.2) is 4.85 Å². The molecule has 0 atom stereocenters. The molecule has 0 heterocycles. The van der Waals surface area contributed by atoms with E-state index in [1.54, 1.807) is 24.3 Å². The van der Waals surface area contributed by atoms with Crippen molar-refractivity contribution in [2.45, 2.75) is 0 Å². The van der Waals surface area contributed by atoms with Gasteiger partial charge < -0.3 is 0 Å². The highest BCUT2D eigenvalue weighted by atomic mass is 14.7. The maximum Gasteiger partial charge on any atom is 0.205 e. The van der Waals surface area contributed by atoms with E-state index in [0.717, 1.165) is 53.9 Å². The van der Waals surface area contributed by atoms with Crippen molar-refractivity contribution in [1.82, 2.24) is 0 Å². The highest BCUT2D eigenvalue weighted by Gasteiger charge is 2.19. The van der Waals surface area contributed by atoms with Gasteiger partial charge in [0.15, 0.2) is 11.4 Å². The molecule has 0 amide bonds. The second-order valence-electron chi connectivity index (χ2n) is 8.09. The summed E-state index contributed by atoms with van der Waals surface area (Å²) in [7, 11) is 0. The number of nitrogens with zero attached hydrogens (tertiary/aromatic N) is 4. The van der Waals surface area contributed by atoms with Crippen LogP contribution in [0.1, 0.15) is 5.56 Å². The first kappa shape index (κ1) is 19.3. The van der Waals surface area contributed by atoms with Crippen molar-refractivity contribution in [2.75, 3.05) is 0 Å². The highest BCUT2D eigenvalue weighted by Crippen LogP contribution is 2.47. The average molecular weight is 428 g/mol. The number of benzene rings is 6. The molecular weight excluding hydrogens is 416 g/mol. The Balaban J connectivity index is 2.09. The molecule has 4 nitrogen and oxygen atoms in total. The van der Waals surface area contributed by atoms with Gasteiger partial charge in [-0.3, -0.25) is 9.69 Å². The van der Waals surface area contributed by atoms with E-state index in [1.165, 1.54) is 0 Å². The van der Waals surface area contributed by atoms with Crippen LogP contribution in [0.15, 0.2) is 72.8 Å². The van der Waals surface area contributed by atoms with E-state index in [2.05, 4.69) is 44.9 Å². The summed E-state index contributed by atoms with van der Waals surface area (Å²) in [6.45, 7) is 22.9. The molecule has 0 spiro atoms. The summed E-state index contributed by atoms with van der Waals surface area (Å²) in [6, 6.07) is 25.6. The van der Waals surface area contributed by atoms with Gasteiger partial charge in [0.05, 0.1) is 31.3 Å². The summed E-state index contributed by atoms with van der Waals surface area (Å²) in [5.41, 5.74) is 1.18. The Morgan fingerprint density at radius 2 is 0.912 bits per heavy atom. The Morgan fingerprint density at radius 3 is 1.38 bits per heavy atom. The Bertz CT molecular complexity index is 1910. The van der Waals surface area contributed by atoms with Crippen LogP contribution in [-0.4, -0.2) is 0 Å². The van der Waals surface area contributed by atoms with Gasteiger partial charge >= 0.3 is 0 Å². The molecule has 0 unspecified atom stereocenters. The van der Waals surface area contributed by atoms with Gasteiger partial charge in [-0.2, -0.15) is 5.26 Å². The summed E-state index contributed by atoms with van der Waals surface area (Å²) in [5.74, 6) is 0. The molecule has 0 saturated heterocycles. The number of rotatable bonds is 0. The first-order chi connectivity index (χ1) is 16.7. The van der Waals surface area contributed by atoms with Crippen molar-refractivity contribution >= 4 is 70.9 Å². The van der Waals surface area contributed by atoms with Crippen LogP contribution in [0.4, 0.5) is 17.1 Å². The summed E-state index contributed by atoms with van der Waals surface area (Å²) >= 11 is 0. The summed E-state index contributed by atoms with van der Waals surface area (Å²) in [4.78, 5) is 10.8. The molecule has 6 aromatic rings. The smallest absolute Gasteiger partial charge is 0.205 e. The molecule has 0 N–H and O–H groups in total. The quantitative estimate of drug-likeness (QED) is 0.176. The van der Waals surface area contributed by atoms with Crippen LogP contribution in [0.3, 0.4) is 0 Å². The molecular formula is C30H12N4. The Kier molecular flexibility index (Phi) is 4.00. The van der Waals surface area contributed by atoms with Crippen LogP contribution in [0.25, 0.3) is 68.4 Å². The minimum atomic E-state index is 0.277. The highest BCUT2D eigenvalue weighted by molar-refractivity contribution is 6.40. The van der Waals surface area contributed by atoms with Crippen LogP contribution in [0.2, 0.25) is 0 Å². The van der Waals surface area contributed by atoms with E-state index < -0.39 is 0 Å². The fraction of sp³-hybridized carbons (Fsp3) is 0. The molecule has 0 aliphatic heterocycles. The van der Waals surface area contributed by atoms with E-state index in [1.807, 2.05) is 24.3 Å². The van der Waals surface area contributed by atoms with Gasteiger partial charge in [0.1, 0.15) is 0 Å². The third-order valence-electron chi connectivity index (χ3n) is 6.49. The zero-order valence-corrected chi connectivity index (χ0v) is 17.7. The number of fused-ring (bicyclic) bond motifs is 11. The molecule has 0 aromatic heterocycles. The lowest BCUT2D eigenvalue weighted by Gasteiger charge is -2.17. The zero-order chi connectivity index (χ0) is 23.4. The normalized spacial score (nSPS) is 10.8. The van der Waals surface area contributed by atoms with Crippen molar-refractivity contribution in [1.29, 1.82) is 5.26 Å². The third kappa shape index (κ3) is 2.43. The molecule has 0 aliphatic rings. The van der Waals surface area contributed by atoms with Gasteiger partial charge in [-0.15, -0.1) is 0 Å². The van der Waals surface area contributed by atoms with Gasteiger partial charge in [-0.1, -0.05) is 60.7 Å². The summed E-state index contributed by atoms with van der Waals surface area (Å²) < 4.78 is 0. The van der Waals surface area contributed by atoms with Gasteiger partial charge in [0.2, 0.25) is 5.69 Å². The van der Waals surface area contributed by atoms with Crippen molar-refractivity contribution in [3.63, 3.8) is 0 Å². The first-order valence-corrected chi connectivity index (χ1v) is 10.5. The third-order valence-corrected chi connectivity index (χ3v) is 6.49.